The smallest absolute Gasteiger partial charge is 0.124 e. The Balaban J connectivity index is 1.59. The molecule has 3 rings (SSSR count). The second kappa shape index (κ2) is 8.42. The first-order chi connectivity index (χ1) is 11.8. The van der Waals surface area contributed by atoms with Gasteiger partial charge in [-0.1, -0.05) is 72.3 Å². The van der Waals surface area contributed by atoms with Crippen LogP contribution in [-0.2, 0) is 13.0 Å². The second-order valence-electron chi connectivity index (χ2n) is 5.53. The van der Waals surface area contributed by atoms with Crippen LogP contribution >= 0.6 is 11.6 Å². The molecule has 0 saturated carbocycles. The van der Waals surface area contributed by atoms with Crippen LogP contribution in [0.15, 0.2) is 78.9 Å². The predicted molar refractivity (Wildman–Crippen MR) is 101 cm³/mol. The monoisotopic (exact) mass is 337 g/mol. The summed E-state index contributed by atoms with van der Waals surface area (Å²) < 4.78 is 5.99. The summed E-state index contributed by atoms with van der Waals surface area (Å²) >= 11 is 6.19. The molecule has 3 heteroatoms. The zero-order chi connectivity index (χ0) is 16.6. The van der Waals surface area contributed by atoms with Crippen molar-refractivity contribution in [2.75, 3.05) is 11.9 Å². The Morgan fingerprint density at radius 2 is 1.50 bits per heavy atom. The highest BCUT2D eigenvalue weighted by Gasteiger charge is 2.04. The molecule has 0 amide bonds. The number of hydrogen-bond donors (Lipinski definition) is 1. The number of anilines is 1. The van der Waals surface area contributed by atoms with E-state index in [1.165, 1.54) is 5.56 Å². The topological polar surface area (TPSA) is 21.3 Å². The minimum atomic E-state index is 0.660. The van der Waals surface area contributed by atoms with Crippen molar-refractivity contribution in [3.63, 3.8) is 0 Å². The lowest BCUT2D eigenvalue weighted by molar-refractivity contribution is 0.319. The summed E-state index contributed by atoms with van der Waals surface area (Å²) in [4.78, 5) is 0. The fourth-order valence-corrected chi connectivity index (χ4v) is 2.71. The Labute approximate surface area is 148 Å². The Morgan fingerprint density at radius 1 is 0.792 bits per heavy atom. The van der Waals surface area contributed by atoms with Crippen LogP contribution in [0.1, 0.15) is 11.1 Å². The molecule has 0 aromatic heterocycles. The Kier molecular flexibility index (Phi) is 5.75. The van der Waals surface area contributed by atoms with Crippen LogP contribution in [0.5, 0.6) is 5.75 Å². The molecule has 1 N–H and O–H groups in total. The largest absolute Gasteiger partial charge is 0.493 e. The minimum Gasteiger partial charge on any atom is -0.493 e. The maximum Gasteiger partial charge on any atom is 0.124 e. The van der Waals surface area contributed by atoms with Crippen LogP contribution in [0.4, 0.5) is 5.69 Å². The summed E-state index contributed by atoms with van der Waals surface area (Å²) in [6.07, 6.45) is 0.896. The summed E-state index contributed by atoms with van der Waals surface area (Å²) in [6.45, 7) is 1.33. The number of halogens is 1. The van der Waals surface area contributed by atoms with Crippen molar-refractivity contribution in [3.05, 3.63) is 95.0 Å². The molecule has 0 fully saturated rings. The van der Waals surface area contributed by atoms with Crippen molar-refractivity contribution in [1.29, 1.82) is 0 Å². The molecule has 0 heterocycles. The van der Waals surface area contributed by atoms with Gasteiger partial charge in [-0.25, -0.2) is 0 Å². The molecule has 0 radical (unpaired) electrons. The van der Waals surface area contributed by atoms with Crippen molar-refractivity contribution in [2.45, 2.75) is 13.0 Å². The maximum absolute atomic E-state index is 6.19. The first-order valence-corrected chi connectivity index (χ1v) is 8.44. The number of nitrogens with one attached hydrogen (secondary N) is 1. The van der Waals surface area contributed by atoms with Gasteiger partial charge in [0.25, 0.3) is 0 Å². The highest BCUT2D eigenvalue weighted by atomic mass is 35.5. The van der Waals surface area contributed by atoms with Crippen LogP contribution in [0.3, 0.4) is 0 Å². The average Bonchev–Trinajstić information content (AvgIpc) is 2.63. The fraction of sp³-hybridized carbons (Fsp3) is 0.143. The molecule has 2 nitrogen and oxygen atoms in total. The zero-order valence-corrected chi connectivity index (χ0v) is 14.2. The summed E-state index contributed by atoms with van der Waals surface area (Å²) in [5.41, 5.74) is 3.33. The third-order valence-electron chi connectivity index (χ3n) is 3.81. The van der Waals surface area contributed by atoms with Gasteiger partial charge in [0, 0.05) is 18.5 Å². The van der Waals surface area contributed by atoms with E-state index < -0.39 is 0 Å². The van der Waals surface area contributed by atoms with Crippen molar-refractivity contribution in [1.82, 2.24) is 0 Å². The molecule has 24 heavy (non-hydrogen) atoms. The molecular formula is C21H20ClNO. The molecule has 0 aliphatic rings. The van der Waals surface area contributed by atoms with E-state index in [1.807, 2.05) is 48.5 Å². The Morgan fingerprint density at radius 3 is 2.33 bits per heavy atom. The third-order valence-corrected chi connectivity index (χ3v) is 4.14. The van der Waals surface area contributed by atoms with Crippen LogP contribution in [0, 0.1) is 0 Å². The first kappa shape index (κ1) is 16.4. The van der Waals surface area contributed by atoms with Crippen molar-refractivity contribution in [3.8, 4) is 5.75 Å². The van der Waals surface area contributed by atoms with Gasteiger partial charge in [0.15, 0.2) is 0 Å². The number of rotatable bonds is 7. The van der Waals surface area contributed by atoms with Gasteiger partial charge in [0.05, 0.1) is 17.3 Å². The third kappa shape index (κ3) is 4.53. The fourth-order valence-electron chi connectivity index (χ4n) is 2.51. The highest BCUT2D eigenvalue weighted by molar-refractivity contribution is 6.33. The SMILES string of the molecule is Clc1ccccc1NCc1ccccc1OCCc1ccccc1. The van der Waals surface area contributed by atoms with Gasteiger partial charge in [-0.2, -0.15) is 0 Å². The molecule has 0 bridgehead atoms. The van der Waals surface area contributed by atoms with Gasteiger partial charge in [0.2, 0.25) is 0 Å². The van der Waals surface area contributed by atoms with Crippen molar-refractivity contribution < 1.29 is 4.74 Å². The number of benzene rings is 3. The first-order valence-electron chi connectivity index (χ1n) is 8.06. The highest BCUT2D eigenvalue weighted by Crippen LogP contribution is 2.24. The quantitative estimate of drug-likeness (QED) is 0.608. The van der Waals surface area contributed by atoms with Crippen LogP contribution in [0.2, 0.25) is 5.02 Å². The summed E-state index contributed by atoms with van der Waals surface area (Å²) in [5.74, 6) is 0.910. The molecular weight excluding hydrogens is 318 g/mol. The summed E-state index contributed by atoms with van der Waals surface area (Å²) in [6, 6.07) is 26.2. The van der Waals surface area contributed by atoms with Gasteiger partial charge >= 0.3 is 0 Å². The lowest BCUT2D eigenvalue weighted by Gasteiger charge is -2.13. The van der Waals surface area contributed by atoms with E-state index in [0.29, 0.717) is 13.2 Å². The predicted octanol–water partition coefficient (Wildman–Crippen LogP) is 5.57. The maximum atomic E-state index is 6.19. The molecule has 3 aromatic rings. The molecule has 0 aliphatic heterocycles. The van der Waals surface area contributed by atoms with E-state index in [1.54, 1.807) is 0 Å². The van der Waals surface area contributed by atoms with Gasteiger partial charge in [-0.05, 0) is 23.8 Å². The zero-order valence-electron chi connectivity index (χ0n) is 13.4. The Bertz CT molecular complexity index is 774. The molecule has 0 aliphatic carbocycles. The normalized spacial score (nSPS) is 10.4. The van der Waals surface area contributed by atoms with Crippen LogP contribution in [-0.4, -0.2) is 6.61 Å². The lowest BCUT2D eigenvalue weighted by atomic mass is 10.1. The summed E-state index contributed by atoms with van der Waals surface area (Å²) in [7, 11) is 0. The number of hydrogen-bond acceptors (Lipinski definition) is 2. The van der Waals surface area contributed by atoms with E-state index >= 15 is 0 Å². The number of ether oxygens (including phenoxy) is 1. The lowest BCUT2D eigenvalue weighted by Crippen LogP contribution is -2.06. The molecule has 122 valence electrons. The molecule has 0 atom stereocenters. The van der Waals surface area contributed by atoms with Gasteiger partial charge in [-0.15, -0.1) is 0 Å². The van der Waals surface area contributed by atoms with E-state index in [4.69, 9.17) is 16.3 Å². The standard InChI is InChI=1S/C21H20ClNO/c22-19-11-5-6-12-20(19)23-16-18-10-4-7-13-21(18)24-15-14-17-8-2-1-3-9-17/h1-13,23H,14-16H2. The van der Waals surface area contributed by atoms with Gasteiger partial charge in [-0.3, -0.25) is 0 Å². The minimum absolute atomic E-state index is 0.660. The molecule has 0 spiro atoms. The van der Waals surface area contributed by atoms with E-state index in [9.17, 15) is 0 Å². The average molecular weight is 338 g/mol. The van der Waals surface area contributed by atoms with Crippen molar-refractivity contribution >= 4 is 17.3 Å². The van der Waals surface area contributed by atoms with E-state index in [-0.39, 0.29) is 0 Å². The number of para-hydroxylation sites is 2. The Hall–Kier alpha value is -2.45. The van der Waals surface area contributed by atoms with Gasteiger partial charge in [0.1, 0.15) is 5.75 Å². The van der Waals surface area contributed by atoms with Crippen LogP contribution < -0.4 is 10.1 Å². The van der Waals surface area contributed by atoms with Crippen molar-refractivity contribution in [2.24, 2.45) is 0 Å². The summed E-state index contributed by atoms with van der Waals surface area (Å²) in [5, 5.41) is 4.09. The van der Waals surface area contributed by atoms with E-state index in [2.05, 4.69) is 35.6 Å². The molecule has 0 unspecified atom stereocenters. The molecule has 3 aromatic carbocycles. The van der Waals surface area contributed by atoms with E-state index in [0.717, 1.165) is 28.4 Å². The van der Waals surface area contributed by atoms with Gasteiger partial charge < -0.3 is 10.1 Å². The molecule has 0 saturated heterocycles. The van der Waals surface area contributed by atoms with Crippen LogP contribution in [0.25, 0.3) is 0 Å². The second-order valence-corrected chi connectivity index (χ2v) is 5.93.